The van der Waals surface area contributed by atoms with Gasteiger partial charge in [-0.1, -0.05) is 25.0 Å². The molecule has 28 heavy (non-hydrogen) atoms. The molecule has 0 saturated heterocycles. The molecule has 0 radical (unpaired) electrons. The first kappa shape index (κ1) is 22.5. The summed E-state index contributed by atoms with van der Waals surface area (Å²) in [6, 6.07) is 5.35. The number of carbonyl (C=O) groups is 2. The van der Waals surface area contributed by atoms with Gasteiger partial charge < -0.3 is 19.3 Å². The van der Waals surface area contributed by atoms with Crippen LogP contribution < -0.4 is 0 Å². The molecule has 1 aromatic carbocycles. The zero-order chi connectivity index (χ0) is 20.6. The Morgan fingerprint density at radius 2 is 1.79 bits per heavy atom. The lowest BCUT2D eigenvalue weighted by Gasteiger charge is -2.37. The number of Topliss-reactive ketones (excluding diaryl/α,β-unsaturated/α-hetero) is 1. The minimum absolute atomic E-state index is 0.0926. The lowest BCUT2D eigenvalue weighted by molar-refractivity contribution is -0.160. The van der Waals surface area contributed by atoms with Crippen molar-refractivity contribution in [2.24, 2.45) is 5.92 Å². The fourth-order valence-electron chi connectivity index (χ4n) is 3.54. The summed E-state index contributed by atoms with van der Waals surface area (Å²) >= 11 is 0. The summed E-state index contributed by atoms with van der Waals surface area (Å²) in [6.07, 6.45) is 2.20. The number of ketones is 1. The lowest BCUT2D eigenvalue weighted by atomic mass is 9.71. The van der Waals surface area contributed by atoms with Crippen molar-refractivity contribution in [1.82, 2.24) is 0 Å². The molecule has 1 aromatic rings. The Labute approximate surface area is 167 Å². The molecule has 2 atom stereocenters. The molecule has 1 aliphatic carbocycles. The number of hydrogen-bond acceptors (Lipinski definition) is 6. The molecular formula is C22H32O6. The molecule has 6 heteroatoms. The first-order valence-corrected chi connectivity index (χ1v) is 10.1. The van der Waals surface area contributed by atoms with Crippen molar-refractivity contribution >= 4 is 11.8 Å². The average Bonchev–Trinajstić information content (AvgIpc) is 2.69. The Hall–Kier alpha value is -1.76. The predicted molar refractivity (Wildman–Crippen MR) is 105 cm³/mol. The fourth-order valence-corrected chi connectivity index (χ4v) is 3.54. The monoisotopic (exact) mass is 392 g/mol. The van der Waals surface area contributed by atoms with Crippen molar-refractivity contribution in [1.29, 1.82) is 0 Å². The smallest absolute Gasteiger partial charge is 0.312 e. The first-order valence-electron chi connectivity index (χ1n) is 10.1. The second-order valence-corrected chi connectivity index (χ2v) is 7.33. The zero-order valence-electron chi connectivity index (χ0n) is 17.2. The molecule has 0 unspecified atom stereocenters. The molecule has 1 aliphatic rings. The maximum absolute atomic E-state index is 13.1. The maximum Gasteiger partial charge on any atom is 0.312 e. The molecule has 0 bridgehead atoms. The number of aliphatic hydroxyl groups is 1. The second-order valence-electron chi connectivity index (χ2n) is 7.33. The summed E-state index contributed by atoms with van der Waals surface area (Å²) in [7, 11) is 0. The average molecular weight is 392 g/mol. The number of carbonyl (C=O) groups excluding carboxylic acids is 2. The van der Waals surface area contributed by atoms with Crippen LogP contribution in [0.5, 0.6) is 0 Å². The van der Waals surface area contributed by atoms with Gasteiger partial charge in [0.15, 0.2) is 5.78 Å². The molecule has 6 nitrogen and oxygen atoms in total. The van der Waals surface area contributed by atoms with Gasteiger partial charge in [-0.25, -0.2) is 0 Å². The summed E-state index contributed by atoms with van der Waals surface area (Å²) in [4.78, 5) is 25.7. The summed E-state index contributed by atoms with van der Waals surface area (Å²) < 4.78 is 15.8. The van der Waals surface area contributed by atoms with Crippen molar-refractivity contribution < 1.29 is 28.9 Å². The number of benzene rings is 1. The van der Waals surface area contributed by atoms with Gasteiger partial charge in [0.1, 0.15) is 12.2 Å². The molecule has 0 amide bonds. The van der Waals surface area contributed by atoms with E-state index in [0.717, 1.165) is 17.5 Å². The Morgan fingerprint density at radius 1 is 1.07 bits per heavy atom. The van der Waals surface area contributed by atoms with Gasteiger partial charge in [-0.3, -0.25) is 9.59 Å². The summed E-state index contributed by atoms with van der Waals surface area (Å²) in [6.45, 7) is 7.72. The first-order chi connectivity index (χ1) is 13.4. The molecule has 1 saturated carbocycles. The van der Waals surface area contributed by atoms with Crippen LogP contribution >= 0.6 is 0 Å². The van der Waals surface area contributed by atoms with Crippen LogP contribution in [0.2, 0.25) is 0 Å². The van der Waals surface area contributed by atoms with E-state index in [4.69, 9.17) is 14.2 Å². The summed E-state index contributed by atoms with van der Waals surface area (Å²) in [5, 5.41) is 11.2. The number of rotatable bonds is 10. The van der Waals surface area contributed by atoms with Gasteiger partial charge in [-0.15, -0.1) is 0 Å². The van der Waals surface area contributed by atoms with Gasteiger partial charge >= 0.3 is 5.97 Å². The quantitative estimate of drug-likeness (QED) is 0.374. The molecule has 0 aromatic heterocycles. The highest BCUT2D eigenvalue weighted by atomic mass is 16.6. The highest BCUT2D eigenvalue weighted by Gasteiger charge is 2.49. The topological polar surface area (TPSA) is 82.1 Å². The number of esters is 1. The molecule has 1 N–H and O–H groups in total. The predicted octanol–water partition coefficient (Wildman–Crippen LogP) is 3.00. The van der Waals surface area contributed by atoms with Gasteiger partial charge in [0.25, 0.3) is 0 Å². The highest BCUT2D eigenvalue weighted by molar-refractivity contribution is 6.05. The van der Waals surface area contributed by atoms with E-state index in [2.05, 4.69) is 0 Å². The van der Waals surface area contributed by atoms with Crippen molar-refractivity contribution in [2.45, 2.75) is 52.1 Å². The minimum Gasteiger partial charge on any atom is -0.463 e. The number of hydrogen-bond donors (Lipinski definition) is 1. The molecular weight excluding hydrogens is 360 g/mol. The summed E-state index contributed by atoms with van der Waals surface area (Å²) in [5.41, 5.74) is 0.776. The van der Waals surface area contributed by atoms with Crippen molar-refractivity contribution in [2.75, 3.05) is 33.0 Å². The zero-order valence-corrected chi connectivity index (χ0v) is 17.2. The Kier molecular flexibility index (Phi) is 8.60. The Bertz CT molecular complexity index is 671. The van der Waals surface area contributed by atoms with Gasteiger partial charge in [-0.05, 0) is 50.8 Å². The van der Waals surface area contributed by atoms with Crippen LogP contribution in [-0.2, 0) is 19.0 Å². The Balaban J connectivity index is 1.98. The second kappa shape index (κ2) is 10.7. The van der Waals surface area contributed by atoms with Crippen LogP contribution in [-0.4, -0.2) is 55.5 Å². The molecule has 2 rings (SSSR count). The highest BCUT2D eigenvalue weighted by Crippen LogP contribution is 2.37. The van der Waals surface area contributed by atoms with E-state index < -0.39 is 23.3 Å². The standard InChI is InChI=1S/C22H32O6/c1-4-26-11-12-27-13-14-28-21(24)19-7-5-6-10-22(19,25)20(23)18-9-8-16(2)17(3)15-18/h8-9,15,19,25H,4-7,10-14H2,1-3H3/t19-,22-/m1/s1. The SMILES string of the molecule is CCOCCOCCOC(=O)[C@H]1CCCC[C@]1(O)C(=O)c1ccc(C)c(C)c1. The van der Waals surface area contributed by atoms with Crippen LogP contribution in [0.25, 0.3) is 0 Å². The number of aryl methyl sites for hydroxylation is 2. The largest absolute Gasteiger partial charge is 0.463 e. The molecule has 0 aliphatic heterocycles. The fraction of sp³-hybridized carbons (Fsp3) is 0.636. The maximum atomic E-state index is 13.1. The minimum atomic E-state index is -1.72. The van der Waals surface area contributed by atoms with Crippen LogP contribution in [0.1, 0.15) is 54.1 Å². The summed E-state index contributed by atoms with van der Waals surface area (Å²) in [5.74, 6) is -1.78. The van der Waals surface area contributed by atoms with Crippen molar-refractivity contribution in [3.63, 3.8) is 0 Å². The van der Waals surface area contributed by atoms with Crippen LogP contribution in [0.15, 0.2) is 18.2 Å². The van der Waals surface area contributed by atoms with Crippen molar-refractivity contribution in [3.8, 4) is 0 Å². The van der Waals surface area contributed by atoms with Crippen LogP contribution in [0.3, 0.4) is 0 Å². The van der Waals surface area contributed by atoms with Gasteiger partial charge in [0.05, 0.1) is 25.7 Å². The van der Waals surface area contributed by atoms with E-state index in [-0.39, 0.29) is 19.6 Å². The van der Waals surface area contributed by atoms with E-state index in [1.165, 1.54) is 0 Å². The van der Waals surface area contributed by atoms with Gasteiger partial charge in [0.2, 0.25) is 0 Å². The lowest BCUT2D eigenvalue weighted by Crippen LogP contribution is -2.51. The number of ether oxygens (including phenoxy) is 3. The molecule has 156 valence electrons. The van der Waals surface area contributed by atoms with E-state index in [0.29, 0.717) is 38.2 Å². The third-order valence-electron chi connectivity index (χ3n) is 5.37. The van der Waals surface area contributed by atoms with E-state index in [1.807, 2.05) is 26.8 Å². The third-order valence-corrected chi connectivity index (χ3v) is 5.37. The van der Waals surface area contributed by atoms with Gasteiger partial charge in [-0.2, -0.15) is 0 Å². The molecule has 0 spiro atoms. The van der Waals surface area contributed by atoms with E-state index >= 15 is 0 Å². The van der Waals surface area contributed by atoms with Gasteiger partial charge in [0, 0.05) is 12.2 Å². The van der Waals surface area contributed by atoms with Crippen LogP contribution in [0.4, 0.5) is 0 Å². The van der Waals surface area contributed by atoms with Crippen molar-refractivity contribution in [3.05, 3.63) is 34.9 Å². The van der Waals surface area contributed by atoms with E-state index in [9.17, 15) is 14.7 Å². The third kappa shape index (κ3) is 5.63. The Morgan fingerprint density at radius 3 is 2.50 bits per heavy atom. The molecule has 1 fully saturated rings. The van der Waals surface area contributed by atoms with E-state index in [1.54, 1.807) is 12.1 Å². The normalized spacial score (nSPS) is 22.1. The molecule has 0 heterocycles. The van der Waals surface area contributed by atoms with Crippen LogP contribution in [0, 0.1) is 19.8 Å².